The summed E-state index contributed by atoms with van der Waals surface area (Å²) in [6.45, 7) is 5.06. The van der Waals surface area contributed by atoms with E-state index in [4.69, 9.17) is 18.5 Å². The van der Waals surface area contributed by atoms with Gasteiger partial charge in [-0.25, -0.2) is 9.36 Å². The van der Waals surface area contributed by atoms with Gasteiger partial charge in [-0.15, -0.1) is 6.58 Å². The summed E-state index contributed by atoms with van der Waals surface area (Å²) in [6.07, 6.45) is -3.34. The average molecular weight is 590 g/mol. The molecule has 0 radical (unpaired) electrons. The Morgan fingerprint density at radius 1 is 1.24 bits per heavy atom. The Labute approximate surface area is 233 Å². The van der Waals surface area contributed by atoms with Gasteiger partial charge in [-0.2, -0.15) is 9.48 Å². The molecule has 1 aliphatic heterocycles. The number of ether oxygens (including phenoxy) is 2. The highest BCUT2D eigenvalue weighted by Gasteiger charge is 2.44. The van der Waals surface area contributed by atoms with Crippen molar-refractivity contribution in [2.75, 3.05) is 0 Å². The molecule has 0 spiro atoms. The third-order valence-electron chi connectivity index (χ3n) is 6.09. The predicted molar refractivity (Wildman–Crippen MR) is 144 cm³/mol. The zero-order valence-corrected chi connectivity index (χ0v) is 22.8. The molecular weight excluding hydrogens is 560 g/mol. The monoisotopic (exact) mass is 589 g/mol. The van der Waals surface area contributed by atoms with E-state index in [-0.39, 0.29) is 18.8 Å². The zero-order valence-electron chi connectivity index (χ0n) is 21.9. The molecule has 0 bridgehead atoms. The van der Waals surface area contributed by atoms with E-state index in [1.54, 1.807) is 42.5 Å². The molecule has 41 heavy (non-hydrogen) atoms. The van der Waals surface area contributed by atoms with E-state index in [9.17, 15) is 28.4 Å². The van der Waals surface area contributed by atoms with Crippen LogP contribution < -0.4 is 20.9 Å². The molecule has 6 atom stereocenters. The molecule has 4 rings (SSSR count). The fourth-order valence-electron chi connectivity index (χ4n) is 4.06. The molecule has 3 N–H and O–H groups in total. The molecule has 1 fully saturated rings. The van der Waals surface area contributed by atoms with Crippen LogP contribution in [0.5, 0.6) is 5.75 Å². The molecule has 2 heterocycles. The van der Waals surface area contributed by atoms with Gasteiger partial charge in [0, 0.05) is 6.42 Å². The number of hydrogen-bond donors (Lipinski definition) is 3. The fraction of sp³-hybridized carbons (Fsp3) is 0.296. The largest absolute Gasteiger partial charge is 0.460 e. The summed E-state index contributed by atoms with van der Waals surface area (Å²) in [5, 5.41) is 13.3. The fourth-order valence-corrected chi connectivity index (χ4v) is 5.72. The van der Waals surface area contributed by atoms with Gasteiger partial charge in [-0.1, -0.05) is 54.6 Å². The van der Waals surface area contributed by atoms with Gasteiger partial charge in [0.25, 0.3) is 5.56 Å². The van der Waals surface area contributed by atoms with E-state index < -0.39 is 61.4 Å². The molecule has 218 valence electrons. The number of aliphatic hydroxyl groups excluding tert-OH is 1. The van der Waals surface area contributed by atoms with Crippen molar-refractivity contribution >= 4 is 13.7 Å². The lowest BCUT2D eigenvalue weighted by molar-refractivity contribution is -0.146. The summed E-state index contributed by atoms with van der Waals surface area (Å²) in [5.41, 5.74) is -1.40. The van der Waals surface area contributed by atoms with Gasteiger partial charge in [0.2, 0.25) is 5.82 Å². The molecular formula is C27H29FN3O9P. The van der Waals surface area contributed by atoms with E-state index in [1.807, 2.05) is 11.1 Å². The quantitative estimate of drug-likeness (QED) is 0.163. The third kappa shape index (κ3) is 7.66. The van der Waals surface area contributed by atoms with Crippen molar-refractivity contribution in [3.63, 3.8) is 0 Å². The number of esters is 1. The lowest BCUT2D eigenvalue weighted by Gasteiger charge is -2.29. The number of H-pyrrole nitrogens is 1. The minimum absolute atomic E-state index is 0.0140. The minimum Gasteiger partial charge on any atom is -0.460 e. The first-order chi connectivity index (χ1) is 19.6. The maximum absolute atomic E-state index is 14.0. The van der Waals surface area contributed by atoms with Crippen LogP contribution in [0.4, 0.5) is 4.39 Å². The standard InChI is InChI=1S/C27H29FN3O9P/c1-3-22(24-21(32)14-23(38-24)31-15-20(28)25(33)29-27(31)35)40-41(36,39-19-12-8-5-9-13-19)30-17(2)26(34)37-16-18-10-6-4-7-11-18/h3-13,15,17,21-24,32H,1,14,16H2,2H3,(H,30,36)(H,29,33,35)/t17-,21?,22+,23+,24-,41+/m0/s1. The van der Waals surface area contributed by atoms with Crippen LogP contribution >= 0.6 is 7.75 Å². The zero-order chi connectivity index (χ0) is 29.6. The van der Waals surface area contributed by atoms with Crippen LogP contribution in [-0.4, -0.2) is 45.0 Å². The molecule has 12 nitrogen and oxygen atoms in total. The normalized spacial score (nSPS) is 21.4. The van der Waals surface area contributed by atoms with Crippen molar-refractivity contribution in [1.82, 2.24) is 14.6 Å². The number of carbonyl (C=O) groups excluding carboxylic acids is 1. The summed E-state index contributed by atoms with van der Waals surface area (Å²) >= 11 is 0. The summed E-state index contributed by atoms with van der Waals surface area (Å²) in [5.74, 6) is -1.81. The third-order valence-corrected chi connectivity index (χ3v) is 7.76. The van der Waals surface area contributed by atoms with Crippen LogP contribution in [0.1, 0.15) is 25.1 Å². The summed E-state index contributed by atoms with van der Waals surface area (Å²) in [6, 6.07) is 15.8. The van der Waals surface area contributed by atoms with Crippen molar-refractivity contribution in [1.29, 1.82) is 0 Å². The molecule has 2 aromatic carbocycles. The van der Waals surface area contributed by atoms with Crippen LogP contribution in [0, 0.1) is 5.82 Å². The Balaban J connectivity index is 1.51. The van der Waals surface area contributed by atoms with E-state index in [1.165, 1.54) is 25.1 Å². The Bertz CT molecular complexity index is 1520. The van der Waals surface area contributed by atoms with Crippen LogP contribution in [0.15, 0.2) is 89.1 Å². The van der Waals surface area contributed by atoms with Gasteiger partial charge in [0.15, 0.2) is 0 Å². The van der Waals surface area contributed by atoms with Gasteiger partial charge < -0.3 is 19.1 Å². The Kier molecular flexibility index (Phi) is 9.69. The van der Waals surface area contributed by atoms with Gasteiger partial charge in [0.1, 0.15) is 36.8 Å². The van der Waals surface area contributed by atoms with E-state index >= 15 is 0 Å². The highest BCUT2D eigenvalue weighted by Crippen LogP contribution is 2.48. The van der Waals surface area contributed by atoms with E-state index in [0.29, 0.717) is 6.20 Å². The summed E-state index contributed by atoms with van der Waals surface area (Å²) < 4.78 is 51.1. The second-order valence-electron chi connectivity index (χ2n) is 9.15. The number of benzene rings is 2. The number of aliphatic hydroxyl groups is 1. The van der Waals surface area contributed by atoms with Crippen molar-refractivity contribution < 1.29 is 37.4 Å². The second-order valence-corrected chi connectivity index (χ2v) is 10.8. The van der Waals surface area contributed by atoms with Gasteiger partial charge in [0.05, 0.1) is 12.3 Å². The van der Waals surface area contributed by atoms with Gasteiger partial charge in [-0.05, 0) is 24.6 Å². The maximum atomic E-state index is 14.0. The Morgan fingerprint density at radius 2 is 1.90 bits per heavy atom. The smallest absolute Gasteiger partial charge is 0.460 e. The first kappa shape index (κ1) is 30.1. The second kappa shape index (κ2) is 13.2. The number of hydrogen-bond acceptors (Lipinski definition) is 9. The molecule has 0 aliphatic carbocycles. The number of nitrogens with one attached hydrogen (secondary N) is 2. The lowest BCUT2D eigenvalue weighted by atomic mass is 10.1. The van der Waals surface area contributed by atoms with Crippen molar-refractivity contribution in [3.05, 3.63) is 112 Å². The topological polar surface area (TPSA) is 158 Å². The molecule has 3 aromatic rings. The Morgan fingerprint density at radius 3 is 2.56 bits per heavy atom. The molecule has 1 saturated heterocycles. The van der Waals surface area contributed by atoms with E-state index in [0.717, 1.165) is 10.1 Å². The first-order valence-corrected chi connectivity index (χ1v) is 14.1. The highest BCUT2D eigenvalue weighted by molar-refractivity contribution is 7.52. The molecule has 1 unspecified atom stereocenters. The molecule has 0 saturated carbocycles. The molecule has 14 heteroatoms. The summed E-state index contributed by atoms with van der Waals surface area (Å²) in [4.78, 5) is 38.1. The van der Waals surface area contributed by atoms with Crippen LogP contribution in [0.2, 0.25) is 0 Å². The maximum Gasteiger partial charge on any atom is 0.460 e. The number of carbonyl (C=O) groups is 1. The number of rotatable bonds is 12. The molecule has 1 aliphatic rings. The van der Waals surface area contributed by atoms with Crippen LogP contribution in [0.25, 0.3) is 0 Å². The van der Waals surface area contributed by atoms with Crippen molar-refractivity contribution in [2.45, 2.75) is 50.5 Å². The SMILES string of the molecule is C=C[C@@H](O[P@@](=O)(N[C@@H](C)C(=O)OCc1ccccc1)Oc1ccccc1)[C@H]1O[C@@H](n2cc(F)c(=O)[nH]c2=O)CC1O. The number of para-hydroxylation sites is 1. The minimum atomic E-state index is -4.40. The van der Waals surface area contributed by atoms with Crippen molar-refractivity contribution in [2.24, 2.45) is 0 Å². The van der Waals surface area contributed by atoms with Crippen LogP contribution in [0.3, 0.4) is 0 Å². The highest BCUT2D eigenvalue weighted by atomic mass is 31.2. The predicted octanol–water partition coefficient (Wildman–Crippen LogP) is 2.80. The Hall–Kier alpha value is -3.87. The number of aromatic amines is 1. The van der Waals surface area contributed by atoms with Gasteiger partial charge >= 0.3 is 19.4 Å². The summed E-state index contributed by atoms with van der Waals surface area (Å²) in [7, 11) is -4.40. The lowest BCUT2D eigenvalue weighted by Crippen LogP contribution is -2.40. The first-order valence-electron chi connectivity index (χ1n) is 12.6. The van der Waals surface area contributed by atoms with Crippen molar-refractivity contribution in [3.8, 4) is 5.75 Å². The number of nitrogens with zero attached hydrogens (tertiary/aromatic N) is 1. The van der Waals surface area contributed by atoms with Gasteiger partial charge in [-0.3, -0.25) is 23.7 Å². The molecule has 1 aromatic heterocycles. The van der Waals surface area contributed by atoms with E-state index in [2.05, 4.69) is 11.7 Å². The van der Waals surface area contributed by atoms with Crippen LogP contribution in [-0.2, 0) is 30.0 Å². The number of halogens is 1. The number of aromatic nitrogens is 2. The average Bonchev–Trinajstić information content (AvgIpc) is 3.34. The molecule has 0 amide bonds.